The lowest BCUT2D eigenvalue weighted by Gasteiger charge is -2.45. The van der Waals surface area contributed by atoms with E-state index in [0.29, 0.717) is 0 Å². The molecule has 0 saturated carbocycles. The van der Waals surface area contributed by atoms with Gasteiger partial charge in [-0.1, -0.05) is 17.7 Å². The second-order valence-corrected chi connectivity index (χ2v) is 14.1. The number of ether oxygens (including phenoxy) is 2. The average Bonchev–Trinajstić information content (AvgIpc) is 3.08. The van der Waals surface area contributed by atoms with E-state index in [4.69, 9.17) is 22.7 Å². The second kappa shape index (κ2) is 11.1. The highest BCUT2D eigenvalue weighted by Gasteiger charge is 2.73. The van der Waals surface area contributed by atoms with Gasteiger partial charge in [-0.3, -0.25) is 13.6 Å². The molecule has 0 aliphatic carbocycles. The Bertz CT molecular complexity index is 1140. The molecule has 0 radical (unpaired) electrons. The summed E-state index contributed by atoms with van der Waals surface area (Å²) in [5.41, 5.74) is -9.64. The van der Waals surface area contributed by atoms with E-state index in [2.05, 4.69) is 0 Å². The lowest BCUT2D eigenvalue weighted by molar-refractivity contribution is -0.148. The van der Waals surface area contributed by atoms with Crippen LogP contribution < -0.4 is 0 Å². The van der Waals surface area contributed by atoms with Gasteiger partial charge in [-0.15, -0.1) is 0 Å². The number of rotatable bonds is 10. The number of hydrogen-bond donors (Lipinski definition) is 0. The van der Waals surface area contributed by atoms with Crippen molar-refractivity contribution in [3.05, 3.63) is 29.8 Å². The van der Waals surface area contributed by atoms with Gasteiger partial charge in [0.2, 0.25) is 0 Å². The third kappa shape index (κ3) is 6.39. The molecule has 1 saturated heterocycles. The molecule has 0 bridgehead atoms. The van der Waals surface area contributed by atoms with E-state index in [0.717, 1.165) is 17.4 Å². The molecule has 10 nitrogen and oxygen atoms in total. The van der Waals surface area contributed by atoms with Crippen LogP contribution >= 0.6 is 7.60 Å². The summed E-state index contributed by atoms with van der Waals surface area (Å²) in [6.07, 6.45) is -1.06. The molecule has 1 aromatic carbocycles. The molecule has 1 heterocycles. The second-order valence-electron chi connectivity index (χ2n) is 10.5. The Hall–Kier alpha value is -1.63. The van der Waals surface area contributed by atoms with Gasteiger partial charge in [-0.2, -0.15) is 17.2 Å². The van der Waals surface area contributed by atoms with Crippen LogP contribution in [0.4, 0.5) is 13.6 Å². The highest BCUT2D eigenvalue weighted by atomic mass is 32.2. The minimum atomic E-state index is -5.38. The Morgan fingerprint density at radius 3 is 2.05 bits per heavy atom. The number of benzene rings is 1. The maximum absolute atomic E-state index is 16.5. The van der Waals surface area contributed by atoms with Crippen LogP contribution in [0.5, 0.6) is 0 Å². The standard InChI is InChI=1S/C24H38F2NO9PS/c1-10-33-37(29,34-11-2)24(25,26)23(9,36-38(30,31)18-14-12-17(3)13-15-18)19-16-32-22(7,8)27(19)20(28)35-21(4,5)6/h12-15,19H,10-11,16H2,1-9H3/t19-,23?/m1/s1. The smallest absolute Gasteiger partial charge is 0.413 e. The zero-order valence-corrected chi connectivity index (χ0v) is 25.0. The average molecular weight is 586 g/mol. The summed E-state index contributed by atoms with van der Waals surface area (Å²) < 4.78 is 99.6. The fourth-order valence-corrected chi connectivity index (χ4v) is 7.08. The van der Waals surface area contributed by atoms with Crippen LogP contribution in [0.25, 0.3) is 0 Å². The first-order valence-corrected chi connectivity index (χ1v) is 15.1. The van der Waals surface area contributed by atoms with Crippen LogP contribution in [0.3, 0.4) is 0 Å². The van der Waals surface area contributed by atoms with Crippen molar-refractivity contribution in [1.29, 1.82) is 0 Å². The van der Waals surface area contributed by atoms with Gasteiger partial charge in [0.15, 0.2) is 5.60 Å². The number of nitrogens with zero attached hydrogens (tertiary/aromatic N) is 1. The Morgan fingerprint density at radius 2 is 1.61 bits per heavy atom. The van der Waals surface area contributed by atoms with Crippen LogP contribution in [0.1, 0.15) is 61.0 Å². The Kier molecular flexibility index (Phi) is 9.51. The topological polar surface area (TPSA) is 118 Å². The van der Waals surface area contributed by atoms with Gasteiger partial charge >= 0.3 is 19.4 Å². The van der Waals surface area contributed by atoms with Crippen LogP contribution in [-0.2, 0) is 37.4 Å². The predicted octanol–water partition coefficient (Wildman–Crippen LogP) is 5.69. The molecule has 0 aromatic heterocycles. The number of aryl methyl sites for hydroxylation is 1. The summed E-state index contributed by atoms with van der Waals surface area (Å²) in [5.74, 6) is 0. The lowest BCUT2D eigenvalue weighted by Crippen LogP contribution is -2.65. The molecular formula is C24H38F2NO9PS. The molecule has 38 heavy (non-hydrogen) atoms. The van der Waals surface area contributed by atoms with Gasteiger partial charge in [0, 0.05) is 0 Å². The van der Waals surface area contributed by atoms with Crippen LogP contribution in [0.15, 0.2) is 29.2 Å². The van der Waals surface area contributed by atoms with Crippen molar-refractivity contribution in [1.82, 2.24) is 4.90 Å². The molecule has 2 rings (SSSR count). The number of carbonyl (C=O) groups excluding carboxylic acids is 1. The van der Waals surface area contributed by atoms with Crippen molar-refractivity contribution < 1.29 is 49.3 Å². The van der Waals surface area contributed by atoms with Gasteiger partial charge in [-0.05, 0) is 74.4 Å². The van der Waals surface area contributed by atoms with E-state index in [-0.39, 0.29) is 0 Å². The Labute approximate surface area is 223 Å². The van der Waals surface area contributed by atoms with Crippen LogP contribution in [-0.4, -0.2) is 67.9 Å². The minimum absolute atomic E-state index is 0.422. The van der Waals surface area contributed by atoms with Gasteiger partial charge in [0.1, 0.15) is 11.3 Å². The molecule has 1 aromatic rings. The third-order valence-electron chi connectivity index (χ3n) is 5.84. The highest BCUT2D eigenvalue weighted by molar-refractivity contribution is 7.86. The van der Waals surface area contributed by atoms with E-state index in [9.17, 15) is 17.8 Å². The normalized spacial score (nSPS) is 20.3. The molecule has 0 spiro atoms. The maximum Gasteiger partial charge on any atom is 0.413 e. The van der Waals surface area contributed by atoms with Crippen LogP contribution in [0.2, 0.25) is 0 Å². The number of hydrogen-bond acceptors (Lipinski definition) is 9. The van der Waals surface area contributed by atoms with Gasteiger partial charge < -0.3 is 18.5 Å². The third-order valence-corrected chi connectivity index (χ3v) is 9.59. The molecule has 1 unspecified atom stereocenters. The largest absolute Gasteiger partial charge is 0.444 e. The highest BCUT2D eigenvalue weighted by Crippen LogP contribution is 2.68. The van der Waals surface area contributed by atoms with E-state index >= 15 is 8.78 Å². The zero-order chi connectivity index (χ0) is 29.4. The summed E-state index contributed by atoms with van der Waals surface area (Å²) in [5, 5.41) is 0. The van der Waals surface area contributed by atoms with Crippen molar-refractivity contribution in [2.45, 2.75) is 95.8 Å². The first-order chi connectivity index (χ1) is 17.2. The van der Waals surface area contributed by atoms with E-state index in [1.165, 1.54) is 52.0 Å². The summed E-state index contributed by atoms with van der Waals surface area (Å²) in [6.45, 7) is 11.2. The molecule has 218 valence electrons. The molecule has 1 fully saturated rings. The van der Waals surface area contributed by atoms with Crippen molar-refractivity contribution in [3.8, 4) is 0 Å². The number of alkyl halides is 2. The minimum Gasteiger partial charge on any atom is -0.444 e. The molecule has 1 aliphatic heterocycles. The molecule has 0 N–H and O–H groups in total. The SMILES string of the molecule is CCOP(=O)(OCC)C(F)(F)C(C)(OS(=O)(=O)c1ccc(C)cc1)[C@H]1COC(C)(C)N1C(=O)OC(C)(C)C. The van der Waals surface area contributed by atoms with E-state index < -0.39 is 77.2 Å². The molecule has 14 heteroatoms. The Morgan fingerprint density at radius 1 is 1.11 bits per heavy atom. The van der Waals surface area contributed by atoms with Crippen molar-refractivity contribution in [2.75, 3.05) is 19.8 Å². The van der Waals surface area contributed by atoms with Gasteiger partial charge in [0.05, 0.1) is 30.8 Å². The number of amides is 1. The lowest BCUT2D eigenvalue weighted by atomic mass is 9.95. The van der Waals surface area contributed by atoms with Crippen molar-refractivity contribution in [2.24, 2.45) is 0 Å². The van der Waals surface area contributed by atoms with Gasteiger partial charge in [0.25, 0.3) is 10.1 Å². The summed E-state index contributed by atoms with van der Waals surface area (Å²) in [4.78, 5) is 13.7. The Balaban J connectivity index is 2.80. The molecule has 1 amide bonds. The fraction of sp³-hybridized carbons (Fsp3) is 0.708. The van der Waals surface area contributed by atoms with Crippen LogP contribution in [0, 0.1) is 6.92 Å². The first-order valence-electron chi connectivity index (χ1n) is 12.1. The van der Waals surface area contributed by atoms with E-state index in [1.54, 1.807) is 27.7 Å². The first kappa shape index (κ1) is 32.6. The summed E-state index contributed by atoms with van der Waals surface area (Å²) in [7, 11) is -10.3. The monoisotopic (exact) mass is 585 g/mol. The fourth-order valence-electron chi connectivity index (χ4n) is 3.96. The summed E-state index contributed by atoms with van der Waals surface area (Å²) >= 11 is 0. The molecule has 1 aliphatic rings. The summed E-state index contributed by atoms with van der Waals surface area (Å²) in [6, 6.07) is 3.50. The predicted molar refractivity (Wildman–Crippen MR) is 136 cm³/mol. The number of halogens is 2. The molecular weight excluding hydrogens is 547 g/mol. The van der Waals surface area contributed by atoms with Gasteiger partial charge in [-0.25, -0.2) is 4.79 Å². The number of carbonyl (C=O) groups is 1. The molecule has 2 atom stereocenters. The zero-order valence-electron chi connectivity index (χ0n) is 23.2. The quantitative estimate of drug-likeness (QED) is 0.252. The van der Waals surface area contributed by atoms with E-state index in [1.807, 2.05) is 0 Å². The maximum atomic E-state index is 16.5. The van der Waals surface area contributed by atoms with Crippen molar-refractivity contribution >= 4 is 23.8 Å². The van der Waals surface area contributed by atoms with Crippen molar-refractivity contribution in [3.63, 3.8) is 0 Å².